The summed E-state index contributed by atoms with van der Waals surface area (Å²) in [5.41, 5.74) is 2.01. The van der Waals surface area contributed by atoms with Crippen molar-refractivity contribution in [3.05, 3.63) is 46.2 Å². The molecule has 0 spiro atoms. The maximum absolute atomic E-state index is 4.56. The lowest BCUT2D eigenvalue weighted by Crippen LogP contribution is -2.37. The van der Waals surface area contributed by atoms with E-state index < -0.39 is 0 Å². The summed E-state index contributed by atoms with van der Waals surface area (Å²) >= 11 is 1.69. The molecule has 2 heterocycles. The van der Waals surface area contributed by atoms with Gasteiger partial charge in [0.15, 0.2) is 5.96 Å². The highest BCUT2D eigenvalue weighted by molar-refractivity contribution is 7.09. The molecule has 0 saturated heterocycles. The van der Waals surface area contributed by atoms with Gasteiger partial charge in [0.2, 0.25) is 0 Å². The molecule has 2 N–H and O–H groups in total. The minimum atomic E-state index is 0.591. The molecule has 0 bridgehead atoms. The topological polar surface area (TPSA) is 62.2 Å². The summed E-state index contributed by atoms with van der Waals surface area (Å²) in [6, 6.07) is 5.89. The number of thiazole rings is 1. The van der Waals surface area contributed by atoms with Crippen molar-refractivity contribution in [1.82, 2.24) is 20.6 Å². The van der Waals surface area contributed by atoms with Gasteiger partial charge < -0.3 is 10.6 Å². The van der Waals surface area contributed by atoms with Crippen LogP contribution in [0, 0.1) is 0 Å². The molecule has 0 aliphatic carbocycles. The van der Waals surface area contributed by atoms with Crippen molar-refractivity contribution < 1.29 is 0 Å². The third-order valence-corrected chi connectivity index (χ3v) is 3.85. The van der Waals surface area contributed by atoms with Gasteiger partial charge in [0.05, 0.1) is 29.5 Å². The Morgan fingerprint density at radius 3 is 2.81 bits per heavy atom. The zero-order valence-corrected chi connectivity index (χ0v) is 13.3. The van der Waals surface area contributed by atoms with Crippen LogP contribution in [0.1, 0.15) is 30.2 Å². The molecule has 0 aromatic carbocycles. The number of hydrogen-bond acceptors (Lipinski definition) is 4. The van der Waals surface area contributed by atoms with Crippen LogP contribution in [-0.4, -0.2) is 22.5 Å². The lowest BCUT2D eigenvalue weighted by Gasteiger charge is -2.10. The molecule has 0 unspecified atom stereocenters. The van der Waals surface area contributed by atoms with E-state index in [1.54, 1.807) is 17.5 Å². The smallest absolute Gasteiger partial charge is 0.191 e. The standard InChI is InChI=1S/C15H21N5S/c1-3-14-20-13(11-21-14)10-19-15(16-4-2)18-9-12-7-5-6-8-17-12/h5-8,11H,3-4,9-10H2,1-2H3,(H2,16,18,19). The number of aliphatic imine (C=N–C) groups is 1. The Labute approximate surface area is 129 Å². The first-order valence-electron chi connectivity index (χ1n) is 7.17. The van der Waals surface area contributed by atoms with Crippen molar-refractivity contribution in [2.45, 2.75) is 33.4 Å². The summed E-state index contributed by atoms with van der Waals surface area (Å²) in [4.78, 5) is 13.4. The largest absolute Gasteiger partial charge is 0.357 e. The highest BCUT2D eigenvalue weighted by Gasteiger charge is 2.02. The Bertz CT molecular complexity index is 564. The van der Waals surface area contributed by atoms with Crippen molar-refractivity contribution in [2.24, 2.45) is 4.99 Å². The number of nitrogens with zero attached hydrogens (tertiary/aromatic N) is 3. The lowest BCUT2D eigenvalue weighted by atomic mass is 10.3. The molecule has 21 heavy (non-hydrogen) atoms. The maximum Gasteiger partial charge on any atom is 0.191 e. The van der Waals surface area contributed by atoms with Crippen molar-refractivity contribution >= 4 is 17.3 Å². The second kappa shape index (κ2) is 8.36. The van der Waals surface area contributed by atoms with E-state index in [-0.39, 0.29) is 0 Å². The van der Waals surface area contributed by atoms with E-state index in [0.717, 1.165) is 35.3 Å². The maximum atomic E-state index is 4.56. The second-order valence-corrected chi connectivity index (χ2v) is 5.40. The molecular weight excluding hydrogens is 282 g/mol. The zero-order valence-electron chi connectivity index (χ0n) is 12.5. The van der Waals surface area contributed by atoms with E-state index in [4.69, 9.17) is 0 Å². The number of aromatic nitrogens is 2. The van der Waals surface area contributed by atoms with Crippen LogP contribution in [-0.2, 0) is 19.5 Å². The molecule has 0 aliphatic heterocycles. The number of guanidine groups is 1. The second-order valence-electron chi connectivity index (χ2n) is 4.46. The van der Waals surface area contributed by atoms with Gasteiger partial charge in [-0.2, -0.15) is 0 Å². The van der Waals surface area contributed by atoms with Crippen LogP contribution in [0.4, 0.5) is 0 Å². The van der Waals surface area contributed by atoms with E-state index in [2.05, 4.69) is 44.8 Å². The molecule has 0 saturated carbocycles. The van der Waals surface area contributed by atoms with Gasteiger partial charge in [-0.1, -0.05) is 13.0 Å². The predicted octanol–water partition coefficient (Wildman–Crippen LogP) is 2.36. The Balaban J connectivity index is 1.92. The van der Waals surface area contributed by atoms with Gasteiger partial charge in [-0.05, 0) is 25.5 Å². The quantitative estimate of drug-likeness (QED) is 0.635. The number of rotatable bonds is 6. The molecule has 0 amide bonds. The van der Waals surface area contributed by atoms with Gasteiger partial charge in [-0.3, -0.25) is 4.98 Å². The van der Waals surface area contributed by atoms with E-state index in [9.17, 15) is 0 Å². The number of pyridine rings is 1. The Morgan fingerprint density at radius 1 is 1.24 bits per heavy atom. The minimum Gasteiger partial charge on any atom is -0.357 e. The summed E-state index contributed by atoms with van der Waals surface area (Å²) in [6.45, 7) is 6.24. The van der Waals surface area contributed by atoms with Crippen LogP contribution in [0.5, 0.6) is 0 Å². The molecule has 112 valence electrons. The SMILES string of the molecule is CCNC(=NCc1csc(CC)n1)NCc1ccccn1. The van der Waals surface area contributed by atoms with Crippen LogP contribution < -0.4 is 10.6 Å². The van der Waals surface area contributed by atoms with Crippen molar-refractivity contribution in [3.8, 4) is 0 Å². The molecule has 0 radical (unpaired) electrons. The fraction of sp³-hybridized carbons (Fsp3) is 0.400. The van der Waals surface area contributed by atoms with Crippen LogP contribution in [0.25, 0.3) is 0 Å². The minimum absolute atomic E-state index is 0.591. The molecular formula is C15H21N5S. The fourth-order valence-electron chi connectivity index (χ4n) is 1.76. The van der Waals surface area contributed by atoms with Gasteiger partial charge in [0.1, 0.15) is 0 Å². The summed E-state index contributed by atoms with van der Waals surface area (Å²) in [6.07, 6.45) is 2.77. The predicted molar refractivity (Wildman–Crippen MR) is 87.4 cm³/mol. The van der Waals surface area contributed by atoms with Crippen LogP contribution in [0.3, 0.4) is 0 Å². The highest BCUT2D eigenvalue weighted by atomic mass is 32.1. The van der Waals surface area contributed by atoms with Gasteiger partial charge in [0.25, 0.3) is 0 Å². The van der Waals surface area contributed by atoms with Crippen molar-refractivity contribution in [3.63, 3.8) is 0 Å². The molecule has 2 rings (SSSR count). The van der Waals surface area contributed by atoms with Crippen molar-refractivity contribution in [1.29, 1.82) is 0 Å². The van der Waals surface area contributed by atoms with Crippen LogP contribution >= 0.6 is 11.3 Å². The van der Waals surface area contributed by atoms with E-state index >= 15 is 0 Å². The van der Waals surface area contributed by atoms with E-state index in [0.29, 0.717) is 13.1 Å². The first-order chi connectivity index (χ1) is 10.3. The number of hydrogen-bond donors (Lipinski definition) is 2. The summed E-state index contributed by atoms with van der Waals surface area (Å²) in [7, 11) is 0. The number of nitrogens with one attached hydrogen (secondary N) is 2. The Morgan fingerprint density at radius 2 is 2.14 bits per heavy atom. The Hall–Kier alpha value is -1.95. The van der Waals surface area contributed by atoms with Gasteiger partial charge in [-0.15, -0.1) is 11.3 Å². The average molecular weight is 303 g/mol. The molecule has 0 atom stereocenters. The zero-order chi connectivity index (χ0) is 14.9. The summed E-state index contributed by atoms with van der Waals surface area (Å²) in [5.74, 6) is 0.786. The first-order valence-corrected chi connectivity index (χ1v) is 8.05. The molecule has 2 aromatic heterocycles. The molecule has 6 heteroatoms. The van der Waals surface area contributed by atoms with E-state index in [1.807, 2.05) is 18.2 Å². The number of aryl methyl sites for hydroxylation is 1. The average Bonchev–Trinajstić information content (AvgIpc) is 2.99. The third-order valence-electron chi connectivity index (χ3n) is 2.81. The monoisotopic (exact) mass is 303 g/mol. The normalized spacial score (nSPS) is 11.4. The third kappa shape index (κ3) is 5.15. The molecule has 0 aliphatic rings. The van der Waals surface area contributed by atoms with Crippen LogP contribution in [0.15, 0.2) is 34.8 Å². The van der Waals surface area contributed by atoms with E-state index in [1.165, 1.54) is 0 Å². The van der Waals surface area contributed by atoms with Gasteiger partial charge in [0, 0.05) is 18.1 Å². The molecule has 5 nitrogen and oxygen atoms in total. The summed E-state index contributed by atoms with van der Waals surface area (Å²) in [5, 5.41) is 9.74. The first kappa shape index (κ1) is 15.4. The molecule has 0 fully saturated rings. The van der Waals surface area contributed by atoms with Gasteiger partial charge in [-0.25, -0.2) is 9.98 Å². The van der Waals surface area contributed by atoms with Crippen molar-refractivity contribution in [2.75, 3.05) is 6.54 Å². The summed E-state index contributed by atoms with van der Waals surface area (Å²) < 4.78 is 0. The lowest BCUT2D eigenvalue weighted by molar-refractivity contribution is 0.796. The van der Waals surface area contributed by atoms with Crippen LogP contribution in [0.2, 0.25) is 0 Å². The van der Waals surface area contributed by atoms with Gasteiger partial charge >= 0.3 is 0 Å². The fourth-order valence-corrected chi connectivity index (χ4v) is 2.50. The highest BCUT2D eigenvalue weighted by Crippen LogP contribution is 2.10. The molecule has 2 aromatic rings. The Kier molecular flexibility index (Phi) is 6.15.